The highest BCUT2D eigenvalue weighted by Gasteiger charge is 2.29. The van der Waals surface area contributed by atoms with Crippen molar-refractivity contribution in [1.82, 2.24) is 15.5 Å². The van der Waals surface area contributed by atoms with Crippen LogP contribution in [-0.2, 0) is 12.7 Å². The maximum absolute atomic E-state index is 12.6. The molecule has 0 aliphatic carbocycles. The van der Waals surface area contributed by atoms with Crippen LogP contribution in [0.4, 0.5) is 13.2 Å². The van der Waals surface area contributed by atoms with E-state index >= 15 is 0 Å². The number of alkyl halides is 3. The fourth-order valence-corrected chi connectivity index (χ4v) is 2.96. The zero-order valence-electron chi connectivity index (χ0n) is 15.3. The van der Waals surface area contributed by atoms with Crippen LogP contribution in [0.2, 0.25) is 0 Å². The third-order valence-corrected chi connectivity index (χ3v) is 4.35. The van der Waals surface area contributed by atoms with Gasteiger partial charge in [0.25, 0.3) is 0 Å². The number of halogens is 4. The third-order valence-electron chi connectivity index (χ3n) is 4.35. The molecule has 1 unspecified atom stereocenters. The normalized spacial score (nSPS) is 16.9. The zero-order valence-corrected chi connectivity index (χ0v) is 17.6. The molecule has 1 saturated heterocycles. The van der Waals surface area contributed by atoms with Crippen LogP contribution in [0.5, 0.6) is 0 Å². The van der Waals surface area contributed by atoms with Gasteiger partial charge < -0.3 is 15.5 Å². The van der Waals surface area contributed by atoms with Gasteiger partial charge in [-0.2, -0.15) is 13.2 Å². The molecule has 1 heterocycles. The van der Waals surface area contributed by atoms with Crippen molar-refractivity contribution in [2.75, 3.05) is 33.2 Å². The van der Waals surface area contributed by atoms with Gasteiger partial charge in [0.1, 0.15) is 0 Å². The van der Waals surface area contributed by atoms with E-state index in [9.17, 15) is 13.2 Å². The molecule has 1 aromatic rings. The SMILES string of the molecule is CN=C(NCc1ccc(C(F)(F)F)cc1)NCC(C)CN1CCCC1.I. The van der Waals surface area contributed by atoms with Crippen LogP contribution in [0.3, 0.4) is 0 Å². The molecule has 2 N–H and O–H groups in total. The number of nitrogens with one attached hydrogen (secondary N) is 2. The number of rotatable bonds is 6. The quantitative estimate of drug-likeness (QED) is 0.368. The van der Waals surface area contributed by atoms with Gasteiger partial charge >= 0.3 is 6.18 Å². The second-order valence-corrected chi connectivity index (χ2v) is 6.61. The monoisotopic (exact) mass is 484 g/mol. The lowest BCUT2D eigenvalue weighted by Gasteiger charge is -2.21. The number of nitrogens with zero attached hydrogens (tertiary/aromatic N) is 2. The number of likely N-dealkylation sites (tertiary alicyclic amines) is 1. The molecule has 8 heteroatoms. The number of benzene rings is 1. The number of hydrogen-bond acceptors (Lipinski definition) is 2. The van der Waals surface area contributed by atoms with Crippen molar-refractivity contribution in [3.63, 3.8) is 0 Å². The molecule has 2 rings (SSSR count). The molecule has 26 heavy (non-hydrogen) atoms. The predicted octanol–water partition coefficient (Wildman–Crippen LogP) is 3.72. The summed E-state index contributed by atoms with van der Waals surface area (Å²) in [5.41, 5.74) is 0.149. The number of hydrogen-bond donors (Lipinski definition) is 2. The zero-order chi connectivity index (χ0) is 18.3. The Morgan fingerprint density at radius 2 is 1.77 bits per heavy atom. The van der Waals surface area contributed by atoms with Crippen LogP contribution < -0.4 is 10.6 Å². The maximum Gasteiger partial charge on any atom is 0.416 e. The molecule has 1 aliphatic heterocycles. The second-order valence-electron chi connectivity index (χ2n) is 6.61. The molecular formula is C18H28F3IN4. The molecule has 1 aromatic carbocycles. The summed E-state index contributed by atoms with van der Waals surface area (Å²) in [5.74, 6) is 1.16. The average Bonchev–Trinajstić information content (AvgIpc) is 3.07. The summed E-state index contributed by atoms with van der Waals surface area (Å²) < 4.78 is 37.7. The van der Waals surface area contributed by atoms with Gasteiger partial charge in [-0.25, -0.2) is 0 Å². The Hall–Kier alpha value is -1.03. The molecule has 148 valence electrons. The Kier molecular flexibility index (Phi) is 9.70. The van der Waals surface area contributed by atoms with Gasteiger partial charge in [-0.3, -0.25) is 4.99 Å². The van der Waals surface area contributed by atoms with Crippen LogP contribution in [0.15, 0.2) is 29.3 Å². The van der Waals surface area contributed by atoms with Crippen LogP contribution >= 0.6 is 24.0 Å². The van der Waals surface area contributed by atoms with Crippen molar-refractivity contribution in [1.29, 1.82) is 0 Å². The topological polar surface area (TPSA) is 39.7 Å². The lowest BCUT2D eigenvalue weighted by molar-refractivity contribution is -0.137. The van der Waals surface area contributed by atoms with Crippen molar-refractivity contribution >= 4 is 29.9 Å². The van der Waals surface area contributed by atoms with E-state index in [0.717, 1.165) is 30.8 Å². The summed E-state index contributed by atoms with van der Waals surface area (Å²) in [5, 5.41) is 6.42. The first-order valence-electron chi connectivity index (χ1n) is 8.71. The summed E-state index contributed by atoms with van der Waals surface area (Å²) in [6, 6.07) is 5.18. The van der Waals surface area contributed by atoms with Crippen LogP contribution in [0, 0.1) is 5.92 Å². The molecule has 0 bridgehead atoms. The highest BCUT2D eigenvalue weighted by molar-refractivity contribution is 14.0. The van der Waals surface area contributed by atoms with E-state index < -0.39 is 11.7 Å². The molecule has 1 aliphatic rings. The first-order valence-corrected chi connectivity index (χ1v) is 8.71. The van der Waals surface area contributed by atoms with Gasteiger partial charge in [0.15, 0.2) is 5.96 Å². The molecule has 1 fully saturated rings. The average molecular weight is 484 g/mol. The van der Waals surface area contributed by atoms with E-state index in [0.29, 0.717) is 18.4 Å². The molecular weight excluding hydrogens is 456 g/mol. The second kappa shape index (κ2) is 11.0. The largest absolute Gasteiger partial charge is 0.416 e. The van der Waals surface area contributed by atoms with E-state index in [4.69, 9.17) is 0 Å². The summed E-state index contributed by atoms with van der Waals surface area (Å²) in [6.07, 6.45) is -1.72. The van der Waals surface area contributed by atoms with E-state index in [1.807, 2.05) is 0 Å². The molecule has 4 nitrogen and oxygen atoms in total. The van der Waals surface area contributed by atoms with E-state index in [1.54, 1.807) is 7.05 Å². The maximum atomic E-state index is 12.6. The summed E-state index contributed by atoms with van der Waals surface area (Å²) in [7, 11) is 1.69. The van der Waals surface area contributed by atoms with Crippen LogP contribution in [0.25, 0.3) is 0 Å². The van der Waals surface area contributed by atoms with E-state index in [-0.39, 0.29) is 24.0 Å². The van der Waals surface area contributed by atoms with Crippen molar-refractivity contribution in [2.45, 2.75) is 32.5 Å². The van der Waals surface area contributed by atoms with Gasteiger partial charge in [0.2, 0.25) is 0 Å². The first kappa shape index (κ1) is 23.0. The van der Waals surface area contributed by atoms with Crippen LogP contribution in [0.1, 0.15) is 30.9 Å². The summed E-state index contributed by atoms with van der Waals surface area (Å²) in [4.78, 5) is 6.64. The van der Waals surface area contributed by atoms with Gasteiger partial charge in [-0.15, -0.1) is 24.0 Å². The molecule has 0 spiro atoms. The highest BCUT2D eigenvalue weighted by atomic mass is 127. The van der Waals surface area contributed by atoms with Crippen molar-refractivity contribution in [3.05, 3.63) is 35.4 Å². The fraction of sp³-hybridized carbons (Fsp3) is 0.611. The van der Waals surface area contributed by atoms with Gasteiger partial charge in [-0.05, 0) is 49.5 Å². The van der Waals surface area contributed by atoms with Crippen LogP contribution in [-0.4, -0.2) is 44.1 Å². The summed E-state index contributed by atoms with van der Waals surface area (Å²) >= 11 is 0. The Bertz CT molecular complexity index is 555. The van der Waals surface area contributed by atoms with E-state index in [1.165, 1.54) is 38.1 Å². The molecule has 1 atom stereocenters. The van der Waals surface area contributed by atoms with Gasteiger partial charge in [-0.1, -0.05) is 19.1 Å². The first-order chi connectivity index (χ1) is 11.9. The standard InChI is InChI=1S/C18H27F3N4.HI/c1-14(13-25-9-3-4-10-25)11-23-17(22-2)24-12-15-5-7-16(8-6-15)18(19,20)21;/h5-8,14H,3-4,9-13H2,1-2H3,(H2,22,23,24);1H. The number of guanidine groups is 1. The lowest BCUT2D eigenvalue weighted by atomic mass is 10.1. The minimum absolute atomic E-state index is 0. The molecule has 0 radical (unpaired) electrons. The Morgan fingerprint density at radius 3 is 2.31 bits per heavy atom. The minimum atomic E-state index is -4.30. The molecule has 0 saturated carbocycles. The Labute approximate surface area is 170 Å². The fourth-order valence-electron chi connectivity index (χ4n) is 2.96. The van der Waals surface area contributed by atoms with Gasteiger partial charge in [0, 0.05) is 26.7 Å². The molecule has 0 aromatic heterocycles. The summed E-state index contributed by atoms with van der Waals surface area (Å²) in [6.45, 7) is 6.88. The predicted molar refractivity (Wildman–Crippen MR) is 110 cm³/mol. The van der Waals surface area contributed by atoms with Crippen molar-refractivity contribution in [3.8, 4) is 0 Å². The lowest BCUT2D eigenvalue weighted by Crippen LogP contribution is -2.41. The Balaban J connectivity index is 0.00000338. The van der Waals surface area contributed by atoms with E-state index in [2.05, 4.69) is 27.4 Å². The third kappa shape index (κ3) is 7.69. The van der Waals surface area contributed by atoms with Gasteiger partial charge in [0.05, 0.1) is 5.56 Å². The van der Waals surface area contributed by atoms with Crippen molar-refractivity contribution < 1.29 is 13.2 Å². The number of aliphatic imine (C=N–C) groups is 1. The minimum Gasteiger partial charge on any atom is -0.356 e. The molecule has 0 amide bonds. The highest BCUT2D eigenvalue weighted by Crippen LogP contribution is 2.29. The Morgan fingerprint density at radius 1 is 1.15 bits per heavy atom. The smallest absolute Gasteiger partial charge is 0.356 e. The van der Waals surface area contributed by atoms with Crippen molar-refractivity contribution in [2.24, 2.45) is 10.9 Å².